The number of hydrogen-bond donors (Lipinski definition) is 1. The SMILES string of the molecule is CC(C)(C)c1[c-][nH]c2cccc(C(C)(C)C)c12.[C-]1=C2CCC2c2ccccc21.[Cl-].[Cl-].[Ti+4]. The van der Waals surface area contributed by atoms with Crippen LogP contribution in [0.5, 0.6) is 0 Å². The minimum absolute atomic E-state index is 0. The maximum atomic E-state index is 3.45. The summed E-state index contributed by atoms with van der Waals surface area (Å²) in [4.78, 5) is 3.28. The molecule has 1 unspecified atom stereocenters. The molecule has 4 heteroatoms. The molecule has 0 amide bonds. The Hall–Kier alpha value is -0.986. The maximum absolute atomic E-state index is 3.45. The van der Waals surface area contributed by atoms with Crippen LogP contribution in [0.25, 0.3) is 10.9 Å². The van der Waals surface area contributed by atoms with Gasteiger partial charge in [0.15, 0.2) is 0 Å². The third kappa shape index (κ3) is 5.51. The van der Waals surface area contributed by atoms with Crippen LogP contribution in [0, 0.1) is 12.3 Å². The van der Waals surface area contributed by atoms with Crippen LogP contribution >= 0.6 is 0 Å². The first-order chi connectivity index (χ1) is 13.2. The number of benzene rings is 2. The Morgan fingerprint density at radius 2 is 1.55 bits per heavy atom. The molecule has 0 saturated heterocycles. The Balaban J connectivity index is 0.000000300. The largest absolute Gasteiger partial charge is 4.00 e. The molecule has 1 atom stereocenters. The third-order valence-electron chi connectivity index (χ3n) is 5.95. The number of H-pyrrole nitrogens is 1. The number of fused-ring (bicyclic) bond motifs is 4. The summed E-state index contributed by atoms with van der Waals surface area (Å²) in [7, 11) is 0. The first-order valence-corrected chi connectivity index (χ1v) is 10.4. The zero-order chi connectivity index (χ0) is 20.1. The van der Waals surface area contributed by atoms with E-state index < -0.39 is 0 Å². The molecule has 2 aliphatic carbocycles. The number of nitrogens with one attached hydrogen (secondary N) is 1. The van der Waals surface area contributed by atoms with Gasteiger partial charge >= 0.3 is 21.7 Å². The van der Waals surface area contributed by atoms with Crippen LogP contribution in [0.4, 0.5) is 0 Å². The summed E-state index contributed by atoms with van der Waals surface area (Å²) in [5, 5.41) is 1.35. The molecule has 3 aromatic rings. The molecule has 162 valence electrons. The van der Waals surface area contributed by atoms with Crippen LogP contribution in [0.15, 0.2) is 48.0 Å². The van der Waals surface area contributed by atoms with Crippen LogP contribution in [-0.2, 0) is 32.5 Å². The molecule has 1 fully saturated rings. The summed E-state index contributed by atoms with van der Waals surface area (Å²) in [6, 6.07) is 15.1. The van der Waals surface area contributed by atoms with Crippen molar-refractivity contribution < 1.29 is 46.5 Å². The smallest absolute Gasteiger partial charge is 1.00 e. The third-order valence-corrected chi connectivity index (χ3v) is 5.95. The second-order valence-electron chi connectivity index (χ2n) is 10.2. The summed E-state index contributed by atoms with van der Waals surface area (Å²) in [5.74, 6) is 0.756. The fourth-order valence-corrected chi connectivity index (χ4v) is 4.32. The Morgan fingerprint density at radius 3 is 2.13 bits per heavy atom. The zero-order valence-electron chi connectivity index (χ0n) is 19.3. The molecule has 1 nitrogen and oxygen atoms in total. The van der Waals surface area contributed by atoms with Gasteiger partial charge in [0.1, 0.15) is 0 Å². The molecule has 1 aromatic heterocycles. The van der Waals surface area contributed by atoms with Crippen molar-refractivity contribution in [2.24, 2.45) is 0 Å². The van der Waals surface area contributed by atoms with E-state index in [0.717, 1.165) is 5.92 Å². The summed E-state index contributed by atoms with van der Waals surface area (Å²) >= 11 is 0. The number of allylic oxidation sites excluding steroid dienone is 1. The minimum atomic E-state index is 0. The summed E-state index contributed by atoms with van der Waals surface area (Å²) in [6.07, 6.45) is 9.42. The molecular formula is C27H31Cl2NTi. The number of aromatic nitrogens is 1. The van der Waals surface area contributed by atoms with Gasteiger partial charge in [-0.05, 0) is 17.3 Å². The van der Waals surface area contributed by atoms with Crippen molar-refractivity contribution in [1.82, 2.24) is 4.98 Å². The number of aromatic amines is 1. The number of hydrogen-bond acceptors (Lipinski definition) is 0. The van der Waals surface area contributed by atoms with Crippen LogP contribution in [0.1, 0.15) is 82.6 Å². The topological polar surface area (TPSA) is 15.8 Å². The fourth-order valence-electron chi connectivity index (χ4n) is 4.32. The van der Waals surface area contributed by atoms with E-state index >= 15 is 0 Å². The molecule has 1 heterocycles. The predicted molar refractivity (Wildman–Crippen MR) is 119 cm³/mol. The Kier molecular flexibility index (Phi) is 9.32. The normalized spacial score (nSPS) is 16.2. The van der Waals surface area contributed by atoms with E-state index in [0.29, 0.717) is 0 Å². The van der Waals surface area contributed by atoms with Gasteiger partial charge in [0.2, 0.25) is 0 Å². The monoisotopic (exact) mass is 487 g/mol. The van der Waals surface area contributed by atoms with E-state index in [4.69, 9.17) is 0 Å². The molecule has 1 N–H and O–H groups in total. The molecule has 5 rings (SSSR count). The summed E-state index contributed by atoms with van der Waals surface area (Å²) < 4.78 is 0. The van der Waals surface area contributed by atoms with Gasteiger partial charge in [-0.25, -0.2) is 0 Å². The standard InChI is InChI=1S/C16H22N.C11H9.2ClH.Ti/c1-15(2,3)11-8-7-9-13-14(11)12(10-17-13)16(4,5)6;1-2-4-10-8(3-1)7-9-5-6-11(9)10;;;/h7-9,17H,1-6H3;1-4,11H,5-6H2;2*1H;/q2*-1;;;+4/p-2. The van der Waals surface area contributed by atoms with Gasteiger partial charge in [-0.15, -0.1) is 52.0 Å². The average Bonchev–Trinajstić information content (AvgIpc) is 3.13. The Bertz CT molecular complexity index is 1050. The van der Waals surface area contributed by atoms with Gasteiger partial charge in [0.05, 0.1) is 0 Å². The average molecular weight is 488 g/mol. The van der Waals surface area contributed by atoms with Gasteiger partial charge < -0.3 is 29.8 Å². The number of rotatable bonds is 0. The fraction of sp³-hybridized carbons (Fsp3) is 0.407. The van der Waals surface area contributed by atoms with Crippen molar-refractivity contribution in [2.45, 2.75) is 71.1 Å². The van der Waals surface area contributed by atoms with Gasteiger partial charge in [-0.1, -0.05) is 77.6 Å². The number of halogens is 2. The predicted octanol–water partition coefficient (Wildman–Crippen LogP) is 1.22. The quantitative estimate of drug-likeness (QED) is 0.362. The van der Waals surface area contributed by atoms with Crippen LogP contribution in [0.2, 0.25) is 0 Å². The van der Waals surface area contributed by atoms with Gasteiger partial charge in [-0.3, -0.25) is 0 Å². The van der Waals surface area contributed by atoms with E-state index in [1.165, 1.54) is 51.6 Å². The van der Waals surface area contributed by atoms with E-state index in [9.17, 15) is 0 Å². The zero-order valence-corrected chi connectivity index (χ0v) is 22.4. The van der Waals surface area contributed by atoms with E-state index in [1.807, 2.05) is 0 Å². The first kappa shape index (κ1) is 28.0. The molecule has 31 heavy (non-hydrogen) atoms. The molecule has 0 spiro atoms. The van der Waals surface area contributed by atoms with E-state index in [1.54, 1.807) is 0 Å². The van der Waals surface area contributed by atoms with Crippen LogP contribution in [0.3, 0.4) is 0 Å². The Labute approximate surface area is 215 Å². The minimum Gasteiger partial charge on any atom is -1.00 e. The molecule has 0 bridgehead atoms. The molecular weight excluding hydrogens is 457 g/mol. The van der Waals surface area contributed by atoms with Crippen molar-refractivity contribution >= 4 is 10.9 Å². The van der Waals surface area contributed by atoms with Crippen molar-refractivity contribution in [3.8, 4) is 0 Å². The summed E-state index contributed by atoms with van der Waals surface area (Å²) in [6.45, 7) is 13.5. The molecule has 2 aliphatic rings. The van der Waals surface area contributed by atoms with Gasteiger partial charge in [0.25, 0.3) is 0 Å². The van der Waals surface area contributed by atoms with Crippen molar-refractivity contribution in [3.63, 3.8) is 0 Å². The first-order valence-electron chi connectivity index (χ1n) is 10.4. The van der Waals surface area contributed by atoms with Gasteiger partial charge in [-0.2, -0.15) is 17.7 Å². The van der Waals surface area contributed by atoms with E-state index in [-0.39, 0.29) is 57.4 Å². The van der Waals surface area contributed by atoms with E-state index in [2.05, 4.69) is 101 Å². The Morgan fingerprint density at radius 1 is 0.871 bits per heavy atom. The van der Waals surface area contributed by atoms with Crippen LogP contribution in [-0.4, -0.2) is 4.98 Å². The van der Waals surface area contributed by atoms with Crippen molar-refractivity contribution in [2.75, 3.05) is 0 Å². The summed E-state index contributed by atoms with van der Waals surface area (Å²) in [5.41, 5.74) is 8.55. The van der Waals surface area contributed by atoms with Crippen molar-refractivity contribution in [3.05, 3.63) is 82.6 Å². The second-order valence-corrected chi connectivity index (χ2v) is 10.2. The van der Waals surface area contributed by atoms with Gasteiger partial charge in [0, 0.05) is 0 Å². The second kappa shape index (κ2) is 10.3. The molecule has 1 saturated carbocycles. The van der Waals surface area contributed by atoms with Crippen LogP contribution < -0.4 is 24.8 Å². The maximum Gasteiger partial charge on any atom is 4.00 e. The molecule has 0 radical (unpaired) electrons. The van der Waals surface area contributed by atoms with Crippen molar-refractivity contribution in [1.29, 1.82) is 0 Å². The molecule has 2 aromatic carbocycles. The molecule has 0 aliphatic heterocycles.